The van der Waals surface area contributed by atoms with E-state index < -0.39 is 0 Å². The first-order valence-corrected chi connectivity index (χ1v) is 22.5. The zero-order chi connectivity index (χ0) is 41.0. The summed E-state index contributed by atoms with van der Waals surface area (Å²) in [5.74, 6) is 0.702. The van der Waals surface area contributed by atoms with Gasteiger partial charge in [-0.1, -0.05) is 161 Å². The van der Waals surface area contributed by atoms with Crippen molar-refractivity contribution in [3.8, 4) is 0 Å². The standard InChI is InChI=1S/C51H52N4S3/c1-8-34-16-13-17-35(32-34)33-56-48(52)58-49(53)57-47-38(27-30-44(54-6)50(2,3)42-25-15-20-36-18-9-11-23-40(36)42)21-14-22-39(47)28-31-45-51(4,5)46-41-24-12-10-19-37(41)26-29-43(46)55(45)7/h8-13,15-20,23-32,52-53H,1,14,21-22,33H2,2-7H3/p+1/b30-27+,39-28+,45-31+,52-48?,53-49?,54-44?. The molecule has 0 aromatic heterocycles. The topological polar surface area (TPSA) is 65.0 Å². The van der Waals surface area contributed by atoms with Gasteiger partial charge < -0.3 is 4.90 Å². The van der Waals surface area contributed by atoms with Crippen molar-refractivity contribution in [1.82, 2.24) is 0 Å². The Hall–Kier alpha value is -4.82. The summed E-state index contributed by atoms with van der Waals surface area (Å²) in [5.41, 5.74) is 10.4. The normalized spacial score (nSPS) is 17.2. The molecule has 5 aromatic rings. The Balaban J connectivity index is 1.22. The third-order valence-electron chi connectivity index (χ3n) is 11.6. The molecule has 5 aromatic carbocycles. The molecule has 0 spiro atoms. The first-order chi connectivity index (χ1) is 27.9. The van der Waals surface area contributed by atoms with Gasteiger partial charge in [0.25, 0.3) is 4.38 Å². The van der Waals surface area contributed by atoms with Gasteiger partial charge in [0.15, 0.2) is 0 Å². The maximum Gasteiger partial charge on any atom is 0.278 e. The number of nitrogens with zero attached hydrogens (tertiary/aromatic N) is 2. The number of hydrogen-bond acceptors (Lipinski definition) is 6. The second-order valence-corrected chi connectivity index (χ2v) is 19.6. The van der Waals surface area contributed by atoms with E-state index >= 15 is 0 Å². The number of hydrogen-bond donors (Lipinski definition) is 2. The lowest BCUT2D eigenvalue weighted by Gasteiger charge is -2.28. The van der Waals surface area contributed by atoms with Crippen LogP contribution >= 0.6 is 35.3 Å². The maximum atomic E-state index is 8.85. The van der Waals surface area contributed by atoms with Crippen LogP contribution in [0.2, 0.25) is 0 Å². The average molecular weight is 818 g/mol. The molecule has 0 fully saturated rings. The van der Waals surface area contributed by atoms with Gasteiger partial charge in [-0.15, -0.1) is 0 Å². The number of rotatable bonds is 9. The summed E-state index contributed by atoms with van der Waals surface area (Å²) in [5, 5.41) is 20.8. The summed E-state index contributed by atoms with van der Waals surface area (Å²) in [6.07, 6.45) is 13.9. The number of aliphatic imine (C=N–C) groups is 1. The fourth-order valence-corrected chi connectivity index (χ4v) is 11.5. The first kappa shape index (κ1) is 41.3. The molecule has 3 N–H and O–H groups in total. The number of thioether (sulfide) groups is 3. The minimum atomic E-state index is -0.325. The van der Waals surface area contributed by atoms with Crippen molar-refractivity contribution in [2.75, 3.05) is 19.0 Å². The molecule has 0 unspecified atom stereocenters. The molecule has 0 amide bonds. The SMILES string of the molecule is C=Cc1cccc(CSC(=N)SC(=[NH2+])SC2=C(/C=C/C(=NC)C(C)(C)c3cccc4ccccc34)CCC/C2=C\C=C2\N(C)c3ccc4ccccc4c3C2(C)C)c1. The van der Waals surface area contributed by atoms with Crippen molar-refractivity contribution in [1.29, 1.82) is 5.41 Å². The molecular weight excluding hydrogens is 765 g/mol. The lowest BCUT2D eigenvalue weighted by molar-refractivity contribution is -0.103. The third-order valence-corrected chi connectivity index (χ3v) is 14.7. The van der Waals surface area contributed by atoms with Crippen LogP contribution in [0.4, 0.5) is 5.69 Å². The summed E-state index contributed by atoms with van der Waals surface area (Å²) in [6.45, 7) is 13.1. The van der Waals surface area contributed by atoms with Crippen molar-refractivity contribution < 1.29 is 5.41 Å². The van der Waals surface area contributed by atoms with E-state index in [0.717, 1.165) is 36.1 Å². The fourth-order valence-electron chi connectivity index (χ4n) is 8.58. The van der Waals surface area contributed by atoms with Gasteiger partial charge in [-0.05, 0) is 104 Å². The fraction of sp³-hybridized carbons (Fsp3) is 0.235. The van der Waals surface area contributed by atoms with Crippen LogP contribution in [0.5, 0.6) is 0 Å². The molecule has 0 atom stereocenters. The molecular formula is C51H53N4S3+. The van der Waals surface area contributed by atoms with E-state index in [4.69, 9.17) is 15.8 Å². The lowest BCUT2D eigenvalue weighted by atomic mass is 9.77. The molecule has 0 saturated carbocycles. The highest BCUT2D eigenvalue weighted by Gasteiger charge is 2.39. The lowest BCUT2D eigenvalue weighted by Crippen LogP contribution is -2.36. The third kappa shape index (κ3) is 8.49. The van der Waals surface area contributed by atoms with Crippen LogP contribution in [0.25, 0.3) is 27.6 Å². The van der Waals surface area contributed by atoms with Gasteiger partial charge >= 0.3 is 0 Å². The molecule has 2 aliphatic rings. The Morgan fingerprint density at radius 3 is 2.38 bits per heavy atom. The second-order valence-electron chi connectivity index (χ2n) is 16.0. The van der Waals surface area contributed by atoms with Crippen LogP contribution in [-0.4, -0.2) is 28.6 Å². The van der Waals surface area contributed by atoms with Gasteiger partial charge in [-0.2, -0.15) is 0 Å². The molecule has 0 saturated heterocycles. The summed E-state index contributed by atoms with van der Waals surface area (Å²) < 4.78 is 1.13. The van der Waals surface area contributed by atoms with E-state index in [0.29, 0.717) is 14.5 Å². The van der Waals surface area contributed by atoms with Crippen molar-refractivity contribution >= 4 is 83.1 Å². The van der Waals surface area contributed by atoms with E-state index in [1.807, 2.05) is 25.3 Å². The van der Waals surface area contributed by atoms with Crippen LogP contribution in [0, 0.1) is 5.41 Å². The summed E-state index contributed by atoms with van der Waals surface area (Å²) in [7, 11) is 4.09. The molecule has 1 aliphatic carbocycles. The zero-order valence-electron chi connectivity index (χ0n) is 34.4. The predicted octanol–water partition coefficient (Wildman–Crippen LogP) is 12.7. The van der Waals surface area contributed by atoms with E-state index in [1.165, 1.54) is 83.6 Å². The maximum absolute atomic E-state index is 8.85. The minimum absolute atomic E-state index is 0.186. The van der Waals surface area contributed by atoms with Crippen molar-refractivity contribution in [2.45, 2.75) is 63.5 Å². The summed E-state index contributed by atoms with van der Waals surface area (Å²) in [6, 6.07) is 36.7. The number of nitrogens with two attached hydrogens (primary N) is 1. The van der Waals surface area contributed by atoms with Gasteiger partial charge in [0.1, 0.15) is 4.38 Å². The Kier molecular flexibility index (Phi) is 12.5. The van der Waals surface area contributed by atoms with Crippen molar-refractivity contribution in [3.05, 3.63) is 178 Å². The van der Waals surface area contributed by atoms with E-state index in [9.17, 15) is 0 Å². The summed E-state index contributed by atoms with van der Waals surface area (Å²) in [4.78, 5) is 8.41. The highest BCUT2D eigenvalue weighted by atomic mass is 32.2. The minimum Gasteiger partial charge on any atom is -0.347 e. The molecule has 4 nitrogen and oxygen atoms in total. The van der Waals surface area contributed by atoms with Crippen LogP contribution in [0.1, 0.15) is 69.2 Å². The van der Waals surface area contributed by atoms with Crippen LogP contribution in [0.15, 0.2) is 161 Å². The number of nitrogens with one attached hydrogen (secondary N) is 1. The molecule has 1 aliphatic heterocycles. The molecule has 58 heavy (non-hydrogen) atoms. The Morgan fingerprint density at radius 1 is 0.914 bits per heavy atom. The molecule has 0 radical (unpaired) electrons. The molecule has 0 bridgehead atoms. The van der Waals surface area contributed by atoms with Crippen LogP contribution < -0.4 is 10.3 Å². The van der Waals surface area contributed by atoms with Gasteiger partial charge in [-0.25, -0.2) is 5.41 Å². The number of fused-ring (bicyclic) bond motifs is 4. The first-order valence-electron chi connectivity index (χ1n) is 19.9. The van der Waals surface area contributed by atoms with E-state index in [1.54, 1.807) is 11.8 Å². The number of likely N-dealkylation sites (N-methyl/N-ethyl adjacent to an activating group) is 1. The monoisotopic (exact) mass is 817 g/mol. The van der Waals surface area contributed by atoms with Gasteiger partial charge in [0, 0.05) is 64.4 Å². The molecule has 7 rings (SSSR count). The summed E-state index contributed by atoms with van der Waals surface area (Å²) >= 11 is 4.45. The van der Waals surface area contributed by atoms with E-state index in [2.05, 4.69) is 162 Å². The van der Waals surface area contributed by atoms with Crippen molar-refractivity contribution in [3.63, 3.8) is 0 Å². The van der Waals surface area contributed by atoms with Crippen LogP contribution in [0.3, 0.4) is 0 Å². The largest absolute Gasteiger partial charge is 0.347 e. The Labute approximate surface area is 357 Å². The number of anilines is 1. The zero-order valence-corrected chi connectivity index (χ0v) is 36.9. The Bertz CT molecular complexity index is 2580. The van der Waals surface area contributed by atoms with Crippen LogP contribution in [-0.2, 0) is 16.6 Å². The smallest absolute Gasteiger partial charge is 0.278 e. The molecule has 294 valence electrons. The number of benzene rings is 5. The predicted molar refractivity (Wildman–Crippen MR) is 260 cm³/mol. The molecule has 1 heterocycles. The average Bonchev–Trinajstić information content (AvgIpc) is 3.43. The van der Waals surface area contributed by atoms with E-state index in [-0.39, 0.29) is 10.8 Å². The van der Waals surface area contributed by atoms with Gasteiger partial charge in [0.2, 0.25) is 0 Å². The second kappa shape index (κ2) is 17.6. The molecule has 7 heteroatoms. The van der Waals surface area contributed by atoms with Gasteiger partial charge in [-0.3, -0.25) is 10.4 Å². The number of allylic oxidation sites excluding steroid dienone is 7. The highest BCUT2D eigenvalue weighted by Crippen LogP contribution is 2.50. The van der Waals surface area contributed by atoms with Gasteiger partial charge in [0.05, 0.1) is 0 Å². The Morgan fingerprint density at radius 2 is 1.62 bits per heavy atom. The highest BCUT2D eigenvalue weighted by molar-refractivity contribution is 8.54. The quantitative estimate of drug-likeness (QED) is 0.115. The van der Waals surface area contributed by atoms with Crippen molar-refractivity contribution in [2.24, 2.45) is 4.99 Å².